The van der Waals surface area contributed by atoms with Gasteiger partial charge in [-0.3, -0.25) is 9.78 Å². The van der Waals surface area contributed by atoms with Gasteiger partial charge in [-0.05, 0) is 19.9 Å². The molecule has 2 aromatic heterocycles. The molecule has 0 bridgehead atoms. The lowest BCUT2D eigenvalue weighted by Gasteiger charge is -2.15. The molecule has 0 unspecified atom stereocenters. The number of carbonyl (C=O) groups is 1. The van der Waals surface area contributed by atoms with Gasteiger partial charge in [-0.1, -0.05) is 0 Å². The summed E-state index contributed by atoms with van der Waals surface area (Å²) in [5.41, 5.74) is -0.327. The van der Waals surface area contributed by atoms with E-state index in [0.717, 1.165) is 6.20 Å². The van der Waals surface area contributed by atoms with E-state index < -0.39 is 17.2 Å². The Hall–Kier alpha value is -1.82. The van der Waals surface area contributed by atoms with Gasteiger partial charge in [-0.2, -0.15) is 0 Å². The zero-order valence-corrected chi connectivity index (χ0v) is 10.7. The van der Waals surface area contributed by atoms with Crippen LogP contribution in [0.1, 0.15) is 19.5 Å². The van der Waals surface area contributed by atoms with Gasteiger partial charge in [0.2, 0.25) is 0 Å². The maximum absolute atomic E-state index is 13.5. The van der Waals surface area contributed by atoms with Crippen molar-refractivity contribution in [1.82, 2.24) is 9.97 Å². The smallest absolute Gasteiger partial charge is 0.315 e. The van der Waals surface area contributed by atoms with E-state index in [0.29, 0.717) is 16.3 Å². The fraction of sp³-hybridized carbons (Fsp3) is 0.250. The predicted octanol–water partition coefficient (Wildman–Crippen LogP) is 2.71. The number of aliphatic carboxylic acids is 1. The standard InChI is InChI=1S/C12H11FN2O2S/c1-12(2,11(16)17)9-6-18-10(15-9)7-3-4-14-5-8(7)13/h3-6H,1-2H3,(H,16,17). The summed E-state index contributed by atoms with van der Waals surface area (Å²) >= 11 is 1.22. The zero-order chi connectivity index (χ0) is 13.3. The van der Waals surface area contributed by atoms with Crippen LogP contribution in [0.5, 0.6) is 0 Å². The maximum atomic E-state index is 13.5. The van der Waals surface area contributed by atoms with Crippen molar-refractivity contribution < 1.29 is 14.3 Å². The highest BCUT2D eigenvalue weighted by molar-refractivity contribution is 7.13. The molecule has 2 aromatic rings. The topological polar surface area (TPSA) is 63.1 Å². The summed E-state index contributed by atoms with van der Waals surface area (Å²) in [7, 11) is 0. The lowest BCUT2D eigenvalue weighted by molar-refractivity contribution is -0.142. The Balaban J connectivity index is 2.44. The number of carboxylic acid groups (broad SMARTS) is 1. The summed E-state index contributed by atoms with van der Waals surface area (Å²) < 4.78 is 13.5. The molecule has 0 saturated heterocycles. The van der Waals surface area contributed by atoms with Crippen LogP contribution >= 0.6 is 11.3 Å². The Labute approximate surface area is 107 Å². The number of rotatable bonds is 3. The van der Waals surface area contributed by atoms with Gasteiger partial charge in [-0.25, -0.2) is 9.37 Å². The second kappa shape index (κ2) is 4.45. The lowest BCUT2D eigenvalue weighted by Crippen LogP contribution is -2.28. The summed E-state index contributed by atoms with van der Waals surface area (Å²) in [6, 6.07) is 1.52. The molecule has 0 spiro atoms. The van der Waals surface area contributed by atoms with Gasteiger partial charge in [-0.15, -0.1) is 11.3 Å². The average molecular weight is 266 g/mol. The van der Waals surface area contributed by atoms with Crippen LogP contribution in [0.4, 0.5) is 4.39 Å². The molecule has 0 amide bonds. The lowest BCUT2D eigenvalue weighted by atomic mass is 9.90. The molecule has 2 heterocycles. The van der Waals surface area contributed by atoms with Crippen molar-refractivity contribution in [2.45, 2.75) is 19.3 Å². The third-order valence-electron chi connectivity index (χ3n) is 2.68. The molecular formula is C12H11FN2O2S. The van der Waals surface area contributed by atoms with Crippen molar-refractivity contribution in [1.29, 1.82) is 0 Å². The first kappa shape index (κ1) is 12.6. The molecule has 0 aromatic carbocycles. The highest BCUT2D eigenvalue weighted by Crippen LogP contribution is 2.31. The normalized spacial score (nSPS) is 11.5. The number of nitrogens with zero attached hydrogens (tertiary/aromatic N) is 2. The van der Waals surface area contributed by atoms with E-state index in [-0.39, 0.29) is 0 Å². The van der Waals surface area contributed by atoms with Gasteiger partial charge < -0.3 is 5.11 Å². The van der Waals surface area contributed by atoms with Gasteiger partial charge in [0.25, 0.3) is 0 Å². The molecule has 2 rings (SSSR count). The third kappa shape index (κ3) is 2.11. The van der Waals surface area contributed by atoms with Crippen LogP contribution in [0.2, 0.25) is 0 Å². The largest absolute Gasteiger partial charge is 0.481 e. The fourth-order valence-electron chi connectivity index (χ4n) is 1.34. The molecule has 0 fully saturated rings. The molecule has 0 aliphatic rings. The Kier molecular flexibility index (Phi) is 3.13. The van der Waals surface area contributed by atoms with Gasteiger partial charge in [0.05, 0.1) is 11.9 Å². The first-order chi connectivity index (χ1) is 8.43. The quantitative estimate of drug-likeness (QED) is 0.927. The van der Waals surface area contributed by atoms with Crippen LogP contribution in [0, 0.1) is 5.82 Å². The molecule has 0 aliphatic carbocycles. The molecule has 0 aliphatic heterocycles. The number of halogens is 1. The molecule has 6 heteroatoms. The number of hydrogen-bond donors (Lipinski definition) is 1. The number of carboxylic acids is 1. The first-order valence-corrected chi connectivity index (χ1v) is 6.10. The number of thiazole rings is 1. The van der Waals surface area contributed by atoms with Crippen molar-refractivity contribution in [2.24, 2.45) is 0 Å². The predicted molar refractivity (Wildman–Crippen MR) is 66.0 cm³/mol. The van der Waals surface area contributed by atoms with E-state index in [4.69, 9.17) is 5.11 Å². The van der Waals surface area contributed by atoms with Gasteiger partial charge in [0, 0.05) is 17.1 Å². The van der Waals surface area contributed by atoms with Crippen molar-refractivity contribution in [3.8, 4) is 10.6 Å². The second-order valence-corrected chi connectivity index (χ2v) is 5.18. The van der Waals surface area contributed by atoms with E-state index in [9.17, 15) is 9.18 Å². The van der Waals surface area contributed by atoms with E-state index in [2.05, 4.69) is 9.97 Å². The van der Waals surface area contributed by atoms with E-state index >= 15 is 0 Å². The van der Waals surface area contributed by atoms with Crippen LogP contribution in [-0.4, -0.2) is 21.0 Å². The van der Waals surface area contributed by atoms with Crippen molar-refractivity contribution in [3.63, 3.8) is 0 Å². The SMILES string of the molecule is CC(C)(C(=O)O)c1csc(-c2ccncc2F)n1. The van der Waals surface area contributed by atoms with Crippen LogP contribution in [0.15, 0.2) is 23.8 Å². The first-order valence-electron chi connectivity index (χ1n) is 5.22. The minimum absolute atomic E-state index is 0.336. The molecule has 18 heavy (non-hydrogen) atoms. The maximum Gasteiger partial charge on any atom is 0.315 e. The minimum atomic E-state index is -1.09. The highest BCUT2D eigenvalue weighted by Gasteiger charge is 2.32. The number of aromatic nitrogens is 2. The minimum Gasteiger partial charge on any atom is -0.481 e. The molecule has 1 N–H and O–H groups in total. The second-order valence-electron chi connectivity index (χ2n) is 4.32. The summed E-state index contributed by atoms with van der Waals surface area (Å²) in [4.78, 5) is 19.0. The summed E-state index contributed by atoms with van der Waals surface area (Å²) in [6.45, 7) is 3.13. The Morgan fingerprint density at radius 2 is 2.22 bits per heavy atom. The number of pyridine rings is 1. The fourth-order valence-corrected chi connectivity index (χ4v) is 2.36. The van der Waals surface area contributed by atoms with E-state index in [1.54, 1.807) is 19.2 Å². The molecule has 0 radical (unpaired) electrons. The van der Waals surface area contributed by atoms with Crippen molar-refractivity contribution in [3.05, 3.63) is 35.4 Å². The summed E-state index contributed by atoms with van der Waals surface area (Å²) in [5, 5.41) is 11.2. The Morgan fingerprint density at radius 3 is 2.83 bits per heavy atom. The van der Waals surface area contributed by atoms with Crippen LogP contribution in [0.25, 0.3) is 10.6 Å². The van der Waals surface area contributed by atoms with Gasteiger partial charge in [0.1, 0.15) is 10.4 Å². The van der Waals surface area contributed by atoms with Crippen molar-refractivity contribution >= 4 is 17.3 Å². The summed E-state index contributed by atoms with van der Waals surface area (Å²) in [5.74, 6) is -1.43. The zero-order valence-electron chi connectivity index (χ0n) is 9.85. The molecular weight excluding hydrogens is 255 g/mol. The van der Waals surface area contributed by atoms with Crippen molar-refractivity contribution in [2.75, 3.05) is 0 Å². The monoisotopic (exact) mass is 266 g/mol. The van der Waals surface area contributed by atoms with Crippen LogP contribution < -0.4 is 0 Å². The van der Waals surface area contributed by atoms with Gasteiger partial charge in [0.15, 0.2) is 5.82 Å². The summed E-state index contributed by atoms with van der Waals surface area (Å²) in [6.07, 6.45) is 2.58. The average Bonchev–Trinajstić information content (AvgIpc) is 2.79. The third-order valence-corrected chi connectivity index (χ3v) is 3.56. The van der Waals surface area contributed by atoms with E-state index in [1.807, 2.05) is 0 Å². The Bertz CT molecular complexity index is 595. The molecule has 0 atom stereocenters. The van der Waals surface area contributed by atoms with E-state index in [1.165, 1.54) is 23.6 Å². The number of hydrogen-bond acceptors (Lipinski definition) is 4. The van der Waals surface area contributed by atoms with Gasteiger partial charge >= 0.3 is 5.97 Å². The van der Waals surface area contributed by atoms with Crippen LogP contribution in [0.3, 0.4) is 0 Å². The van der Waals surface area contributed by atoms with Crippen LogP contribution in [-0.2, 0) is 10.2 Å². The molecule has 94 valence electrons. The molecule has 0 saturated carbocycles. The molecule has 4 nitrogen and oxygen atoms in total. The highest BCUT2D eigenvalue weighted by atomic mass is 32.1. The Morgan fingerprint density at radius 1 is 1.50 bits per heavy atom.